The maximum Gasteiger partial charge on any atom is 0.267 e. The summed E-state index contributed by atoms with van der Waals surface area (Å²) in [6, 6.07) is 9.14. The van der Waals surface area contributed by atoms with Gasteiger partial charge in [0.05, 0.1) is 15.6 Å². The van der Waals surface area contributed by atoms with Gasteiger partial charge in [-0.05, 0) is 41.9 Å². The second-order valence-electron chi connectivity index (χ2n) is 8.08. The van der Waals surface area contributed by atoms with Crippen LogP contribution >= 0.6 is 35.2 Å². The molecule has 1 aliphatic heterocycles. The molecule has 6 nitrogen and oxygen atoms in total. The SMILES string of the molecule is CC(C)(C)C(=O)N1CCN(c2ccc(NC(=S)NC(=O)c3cccs3)cc2Cl)CC1. The molecule has 9 heteroatoms. The number of hydrogen-bond donors (Lipinski definition) is 2. The van der Waals surface area contributed by atoms with Gasteiger partial charge in [-0.1, -0.05) is 38.4 Å². The van der Waals surface area contributed by atoms with Gasteiger partial charge in [-0.3, -0.25) is 14.9 Å². The molecular weight excluding hydrogens is 440 g/mol. The summed E-state index contributed by atoms with van der Waals surface area (Å²) in [5, 5.41) is 8.29. The van der Waals surface area contributed by atoms with Crippen LogP contribution < -0.4 is 15.5 Å². The average Bonchev–Trinajstić information content (AvgIpc) is 3.22. The number of thiocarbonyl (C=S) groups is 1. The van der Waals surface area contributed by atoms with Crippen molar-refractivity contribution >= 4 is 63.5 Å². The third-order valence-electron chi connectivity index (χ3n) is 4.73. The van der Waals surface area contributed by atoms with Gasteiger partial charge in [-0.15, -0.1) is 11.3 Å². The molecule has 0 atom stereocenters. The average molecular weight is 465 g/mol. The number of nitrogens with zero attached hydrogens (tertiary/aromatic N) is 2. The van der Waals surface area contributed by atoms with Crippen LogP contribution in [0.15, 0.2) is 35.7 Å². The number of benzene rings is 1. The Morgan fingerprint density at radius 3 is 2.40 bits per heavy atom. The zero-order chi connectivity index (χ0) is 21.9. The van der Waals surface area contributed by atoms with Gasteiger partial charge < -0.3 is 15.1 Å². The van der Waals surface area contributed by atoms with Gasteiger partial charge in [0.2, 0.25) is 5.91 Å². The lowest BCUT2D eigenvalue weighted by Crippen LogP contribution is -2.51. The van der Waals surface area contributed by atoms with Crippen molar-refractivity contribution in [2.24, 2.45) is 5.41 Å². The fourth-order valence-electron chi connectivity index (χ4n) is 3.20. The van der Waals surface area contributed by atoms with Crippen molar-refractivity contribution in [3.63, 3.8) is 0 Å². The van der Waals surface area contributed by atoms with E-state index in [1.165, 1.54) is 11.3 Å². The van der Waals surface area contributed by atoms with E-state index in [2.05, 4.69) is 15.5 Å². The zero-order valence-corrected chi connectivity index (χ0v) is 19.6. The molecule has 3 rings (SSSR count). The lowest BCUT2D eigenvalue weighted by Gasteiger charge is -2.39. The summed E-state index contributed by atoms with van der Waals surface area (Å²) in [6.45, 7) is 8.62. The Hall–Kier alpha value is -2.16. The van der Waals surface area contributed by atoms with Crippen LogP contribution in [0.4, 0.5) is 11.4 Å². The van der Waals surface area contributed by atoms with E-state index < -0.39 is 0 Å². The van der Waals surface area contributed by atoms with E-state index in [0.29, 0.717) is 28.7 Å². The number of rotatable bonds is 3. The van der Waals surface area contributed by atoms with Crippen LogP contribution in [0.1, 0.15) is 30.4 Å². The molecule has 0 radical (unpaired) electrons. The Labute approximate surface area is 191 Å². The van der Waals surface area contributed by atoms with Gasteiger partial charge in [0.25, 0.3) is 5.91 Å². The molecule has 1 saturated heterocycles. The Morgan fingerprint density at radius 1 is 1.13 bits per heavy atom. The summed E-state index contributed by atoms with van der Waals surface area (Å²) in [4.78, 5) is 29.2. The molecule has 2 amide bonds. The Morgan fingerprint density at radius 2 is 1.83 bits per heavy atom. The molecule has 30 heavy (non-hydrogen) atoms. The van der Waals surface area contributed by atoms with Crippen molar-refractivity contribution in [2.75, 3.05) is 36.4 Å². The topological polar surface area (TPSA) is 64.7 Å². The van der Waals surface area contributed by atoms with E-state index in [1.54, 1.807) is 12.1 Å². The van der Waals surface area contributed by atoms with Crippen molar-refractivity contribution in [1.29, 1.82) is 0 Å². The lowest BCUT2D eigenvalue weighted by atomic mass is 9.94. The minimum absolute atomic E-state index is 0.172. The van der Waals surface area contributed by atoms with Crippen LogP contribution in [0.2, 0.25) is 5.02 Å². The highest BCUT2D eigenvalue weighted by molar-refractivity contribution is 7.80. The molecule has 0 bridgehead atoms. The highest BCUT2D eigenvalue weighted by atomic mass is 35.5. The molecule has 1 aliphatic rings. The number of amides is 2. The number of hydrogen-bond acceptors (Lipinski definition) is 5. The first-order valence-corrected chi connectivity index (χ1v) is 11.3. The van der Waals surface area contributed by atoms with Gasteiger partial charge in [-0.2, -0.15) is 0 Å². The van der Waals surface area contributed by atoms with E-state index in [9.17, 15) is 9.59 Å². The van der Waals surface area contributed by atoms with E-state index in [-0.39, 0.29) is 22.3 Å². The molecule has 0 saturated carbocycles. The molecule has 0 spiro atoms. The minimum Gasteiger partial charge on any atom is -0.367 e. The summed E-state index contributed by atoms with van der Waals surface area (Å²) >= 11 is 13.1. The molecule has 2 heterocycles. The van der Waals surface area contributed by atoms with Crippen LogP contribution in [0.25, 0.3) is 0 Å². The smallest absolute Gasteiger partial charge is 0.267 e. The summed E-state index contributed by atoms with van der Waals surface area (Å²) in [6.07, 6.45) is 0. The third kappa shape index (κ3) is 5.50. The molecule has 1 aromatic heterocycles. The standard InChI is InChI=1S/C21H25ClN4O2S2/c1-21(2,3)19(28)26-10-8-25(9-11-26)16-7-6-14(13-15(16)22)23-20(29)24-18(27)17-5-4-12-30-17/h4-7,12-13H,8-11H2,1-3H3,(H2,23,24,27,29). The maximum absolute atomic E-state index is 12.5. The molecule has 1 aromatic carbocycles. The Bertz CT molecular complexity index is 933. The highest BCUT2D eigenvalue weighted by Gasteiger charge is 2.30. The fraction of sp³-hybridized carbons (Fsp3) is 0.381. The zero-order valence-electron chi connectivity index (χ0n) is 17.2. The maximum atomic E-state index is 12.5. The lowest BCUT2D eigenvalue weighted by molar-refractivity contribution is -0.139. The Kier molecular flexibility index (Phi) is 7.00. The molecule has 1 fully saturated rings. The molecule has 2 aromatic rings. The second kappa shape index (κ2) is 9.32. The monoisotopic (exact) mass is 464 g/mol. The first kappa shape index (κ1) is 22.5. The van der Waals surface area contributed by atoms with Gasteiger partial charge in [0.15, 0.2) is 5.11 Å². The van der Waals surface area contributed by atoms with Crippen molar-refractivity contribution in [3.05, 3.63) is 45.6 Å². The van der Waals surface area contributed by atoms with Crippen molar-refractivity contribution in [2.45, 2.75) is 20.8 Å². The number of piperazine rings is 1. The first-order valence-electron chi connectivity index (χ1n) is 9.65. The number of carbonyl (C=O) groups excluding carboxylic acids is 2. The predicted molar refractivity (Wildman–Crippen MR) is 128 cm³/mol. The molecule has 0 unspecified atom stereocenters. The van der Waals surface area contributed by atoms with Crippen LogP contribution in [0, 0.1) is 5.41 Å². The fourth-order valence-corrected chi connectivity index (χ4v) is 4.33. The van der Waals surface area contributed by atoms with E-state index in [1.807, 2.05) is 49.3 Å². The van der Waals surface area contributed by atoms with Crippen LogP contribution in [0.5, 0.6) is 0 Å². The summed E-state index contributed by atoms with van der Waals surface area (Å²) < 4.78 is 0. The number of anilines is 2. The van der Waals surface area contributed by atoms with Gasteiger partial charge >= 0.3 is 0 Å². The minimum atomic E-state index is -0.371. The molecular formula is C21H25ClN4O2S2. The van der Waals surface area contributed by atoms with E-state index in [0.717, 1.165) is 18.8 Å². The molecule has 2 N–H and O–H groups in total. The molecule has 0 aliphatic carbocycles. The van der Waals surface area contributed by atoms with Gasteiger partial charge in [-0.25, -0.2) is 0 Å². The van der Waals surface area contributed by atoms with Crippen molar-refractivity contribution < 1.29 is 9.59 Å². The number of halogens is 1. The number of carbonyl (C=O) groups is 2. The highest BCUT2D eigenvalue weighted by Crippen LogP contribution is 2.30. The molecule has 160 valence electrons. The van der Waals surface area contributed by atoms with E-state index in [4.69, 9.17) is 23.8 Å². The number of thiophene rings is 1. The normalized spacial score (nSPS) is 14.4. The summed E-state index contributed by atoms with van der Waals surface area (Å²) in [5.41, 5.74) is 1.24. The second-order valence-corrected chi connectivity index (χ2v) is 9.84. The van der Waals surface area contributed by atoms with Crippen molar-refractivity contribution in [1.82, 2.24) is 10.2 Å². The van der Waals surface area contributed by atoms with Gasteiger partial charge in [0.1, 0.15) is 0 Å². The Balaban J connectivity index is 1.57. The van der Waals surface area contributed by atoms with Crippen LogP contribution in [0.3, 0.4) is 0 Å². The van der Waals surface area contributed by atoms with Crippen LogP contribution in [-0.4, -0.2) is 48.0 Å². The first-order chi connectivity index (χ1) is 14.1. The predicted octanol–water partition coefficient (Wildman–Crippen LogP) is 4.22. The van der Waals surface area contributed by atoms with Crippen molar-refractivity contribution in [3.8, 4) is 0 Å². The summed E-state index contributed by atoms with van der Waals surface area (Å²) in [7, 11) is 0. The third-order valence-corrected chi connectivity index (χ3v) is 6.10. The van der Waals surface area contributed by atoms with Crippen LogP contribution in [-0.2, 0) is 4.79 Å². The van der Waals surface area contributed by atoms with E-state index >= 15 is 0 Å². The van der Waals surface area contributed by atoms with Gasteiger partial charge in [0, 0.05) is 37.3 Å². The number of nitrogens with one attached hydrogen (secondary N) is 2. The quantitative estimate of drug-likeness (QED) is 0.666. The summed E-state index contributed by atoms with van der Waals surface area (Å²) in [5.74, 6) is -0.0706. The largest absolute Gasteiger partial charge is 0.367 e.